The number of piperidine rings is 1. The number of likely N-dealkylation sites (tertiary alicyclic amines) is 1. The second kappa shape index (κ2) is 10.4. The summed E-state index contributed by atoms with van der Waals surface area (Å²) in [4.78, 5) is 43.2. The zero-order valence-corrected chi connectivity index (χ0v) is 24.7. The van der Waals surface area contributed by atoms with E-state index in [0.717, 1.165) is 10.6 Å². The second-order valence-corrected chi connectivity index (χ2v) is 12.3. The molecule has 2 aromatic rings. The Morgan fingerprint density at radius 3 is 2.39 bits per heavy atom. The normalized spacial score (nSPS) is 21.6. The summed E-state index contributed by atoms with van der Waals surface area (Å²) in [6.45, 7) is 5.57. The Morgan fingerprint density at radius 1 is 1.17 bits per heavy atom. The van der Waals surface area contributed by atoms with Gasteiger partial charge in [-0.3, -0.25) is 14.4 Å². The number of hydrogen-bond acceptors (Lipinski definition) is 6. The first-order chi connectivity index (χ1) is 19.2. The topological polar surface area (TPSA) is 101 Å². The molecule has 2 fully saturated rings. The Labute approximate surface area is 244 Å². The van der Waals surface area contributed by atoms with Gasteiger partial charge in [-0.2, -0.15) is 13.2 Å². The zero-order chi connectivity index (χ0) is 29.9. The predicted molar refractivity (Wildman–Crippen MR) is 148 cm³/mol. The first kappa shape index (κ1) is 29.6. The van der Waals surface area contributed by atoms with Crippen molar-refractivity contribution in [1.29, 1.82) is 0 Å². The van der Waals surface area contributed by atoms with Crippen LogP contribution in [-0.2, 0) is 11.3 Å². The molecule has 41 heavy (non-hydrogen) atoms. The lowest BCUT2D eigenvalue weighted by Crippen LogP contribution is -2.52. The molecule has 0 radical (unpaired) electrons. The Hall–Kier alpha value is -2.86. The number of hydrogen-bond donors (Lipinski definition) is 2. The van der Waals surface area contributed by atoms with Crippen LogP contribution in [0.3, 0.4) is 0 Å². The van der Waals surface area contributed by atoms with Crippen LogP contribution >= 0.6 is 23.4 Å². The maximum Gasteiger partial charge on any atom is 0.403 e. The lowest BCUT2D eigenvalue weighted by atomic mass is 9.88. The van der Waals surface area contributed by atoms with E-state index in [1.54, 1.807) is 20.8 Å². The fourth-order valence-corrected chi connectivity index (χ4v) is 6.64. The van der Waals surface area contributed by atoms with E-state index in [1.807, 2.05) is 12.3 Å². The number of aryl methyl sites for hydroxylation is 1. The third-order valence-corrected chi connectivity index (χ3v) is 9.48. The van der Waals surface area contributed by atoms with Crippen LogP contribution in [0.4, 0.5) is 13.2 Å². The minimum absolute atomic E-state index is 0.0146. The van der Waals surface area contributed by atoms with E-state index in [4.69, 9.17) is 21.1 Å². The largest absolute Gasteiger partial charge is 0.448 e. The number of carbonyl (C=O) groups is 2. The molecule has 2 amide bonds. The van der Waals surface area contributed by atoms with Gasteiger partial charge < -0.3 is 24.7 Å². The van der Waals surface area contributed by atoms with Crippen molar-refractivity contribution in [2.75, 3.05) is 19.3 Å². The maximum atomic E-state index is 13.5. The number of nitrogens with zero attached hydrogens (tertiary/aromatic N) is 1. The molecular weight excluding hydrogens is 583 g/mol. The molecule has 1 saturated heterocycles. The van der Waals surface area contributed by atoms with Gasteiger partial charge in [0.2, 0.25) is 5.91 Å². The summed E-state index contributed by atoms with van der Waals surface area (Å²) in [5.74, 6) is -2.10. The van der Waals surface area contributed by atoms with Gasteiger partial charge in [0.05, 0.1) is 5.02 Å². The number of nitrogens with one attached hydrogen (secondary N) is 2. The highest BCUT2D eigenvalue weighted by Crippen LogP contribution is 2.59. The van der Waals surface area contributed by atoms with Crippen molar-refractivity contribution in [3.8, 4) is 11.5 Å². The van der Waals surface area contributed by atoms with E-state index >= 15 is 0 Å². The minimum Gasteiger partial charge on any atom is -0.448 e. The van der Waals surface area contributed by atoms with Gasteiger partial charge in [-0.15, -0.1) is 11.8 Å². The number of benzene rings is 1. The summed E-state index contributed by atoms with van der Waals surface area (Å²) in [6, 6.07) is 3.33. The summed E-state index contributed by atoms with van der Waals surface area (Å²) in [7, 11) is 0. The van der Waals surface area contributed by atoms with Crippen LogP contribution in [0.1, 0.15) is 59.8 Å². The van der Waals surface area contributed by atoms with E-state index < -0.39 is 29.2 Å². The first-order valence-corrected chi connectivity index (χ1v) is 14.9. The van der Waals surface area contributed by atoms with Crippen molar-refractivity contribution in [3.05, 3.63) is 49.9 Å². The summed E-state index contributed by atoms with van der Waals surface area (Å²) < 4.78 is 52.8. The number of H-pyrrole nitrogens is 1. The maximum absolute atomic E-state index is 13.5. The number of ether oxygens (including phenoxy) is 2. The molecule has 1 aliphatic carbocycles. The number of rotatable bonds is 6. The molecule has 0 unspecified atom stereocenters. The number of amides is 2. The number of aromatic nitrogens is 1. The highest BCUT2D eigenvalue weighted by atomic mass is 35.5. The number of halogens is 4. The Balaban J connectivity index is 1.28. The van der Waals surface area contributed by atoms with Crippen LogP contribution in [0.25, 0.3) is 0 Å². The van der Waals surface area contributed by atoms with Crippen molar-refractivity contribution < 1.29 is 32.2 Å². The Bertz CT molecular complexity index is 1470. The Kier molecular flexibility index (Phi) is 7.55. The standard InChI is InChI=1S/C28H31ClF3N3O5S/c1-14-11-20(41-4)18(24(37)34-14)13-33-23(36)17-12-19(29)22-21(15(17)2)39-26(3,40-22)16-5-9-35(10-6-16)25(38)27(7-8-27)28(30,31)32/h11-12,16H,5-10,13H2,1-4H3,(H,33,36)(H,34,37)/t26-/m1/s1. The van der Waals surface area contributed by atoms with E-state index in [2.05, 4.69) is 10.3 Å². The Morgan fingerprint density at radius 2 is 1.80 bits per heavy atom. The summed E-state index contributed by atoms with van der Waals surface area (Å²) in [5, 5.41) is 2.96. The molecule has 1 saturated carbocycles. The number of aromatic amines is 1. The number of fused-ring (bicyclic) bond motifs is 1. The van der Waals surface area contributed by atoms with Crippen LogP contribution in [0.5, 0.6) is 11.5 Å². The van der Waals surface area contributed by atoms with Crippen LogP contribution in [0, 0.1) is 25.2 Å². The molecule has 1 aromatic carbocycles. The molecule has 2 aliphatic heterocycles. The van der Waals surface area contributed by atoms with Crippen molar-refractivity contribution in [3.63, 3.8) is 0 Å². The quantitative estimate of drug-likeness (QED) is 0.425. The van der Waals surface area contributed by atoms with Crippen LogP contribution in [0.2, 0.25) is 5.02 Å². The molecule has 2 N–H and O–H groups in total. The van der Waals surface area contributed by atoms with Gasteiger partial charge in [0.1, 0.15) is 5.41 Å². The fourth-order valence-electron chi connectivity index (χ4n) is 5.70. The molecule has 3 aliphatic rings. The van der Waals surface area contributed by atoms with Crippen molar-refractivity contribution in [2.45, 2.75) is 69.9 Å². The van der Waals surface area contributed by atoms with Crippen molar-refractivity contribution in [1.82, 2.24) is 15.2 Å². The first-order valence-electron chi connectivity index (χ1n) is 13.3. The summed E-state index contributed by atoms with van der Waals surface area (Å²) >= 11 is 7.94. The number of carbonyl (C=O) groups excluding carboxylic acids is 2. The number of thioether (sulfide) groups is 1. The molecule has 5 rings (SSSR count). The lowest BCUT2D eigenvalue weighted by Gasteiger charge is -2.40. The van der Waals surface area contributed by atoms with Crippen molar-refractivity contribution in [2.24, 2.45) is 11.3 Å². The number of pyridine rings is 1. The zero-order valence-electron chi connectivity index (χ0n) is 23.1. The lowest BCUT2D eigenvalue weighted by molar-refractivity contribution is -0.200. The molecular formula is C28H31ClF3N3O5S. The molecule has 0 spiro atoms. The predicted octanol–water partition coefficient (Wildman–Crippen LogP) is 5.37. The molecule has 1 atom stereocenters. The monoisotopic (exact) mass is 613 g/mol. The molecule has 13 heteroatoms. The highest BCUT2D eigenvalue weighted by Gasteiger charge is 2.69. The number of alkyl halides is 3. The minimum atomic E-state index is -4.54. The van der Waals surface area contributed by atoms with Gasteiger partial charge >= 0.3 is 6.18 Å². The molecule has 0 bridgehead atoms. The highest BCUT2D eigenvalue weighted by molar-refractivity contribution is 7.98. The van der Waals surface area contributed by atoms with E-state index in [0.29, 0.717) is 29.7 Å². The van der Waals surface area contributed by atoms with Gasteiger partial charge in [-0.25, -0.2) is 0 Å². The van der Waals surface area contributed by atoms with Gasteiger partial charge in [0, 0.05) is 59.8 Å². The van der Waals surface area contributed by atoms with Crippen molar-refractivity contribution >= 4 is 35.2 Å². The summed E-state index contributed by atoms with van der Waals surface area (Å²) in [5.41, 5.74) is -0.571. The van der Waals surface area contributed by atoms with E-state index in [9.17, 15) is 27.6 Å². The average molecular weight is 614 g/mol. The molecule has 1 aromatic heterocycles. The van der Waals surface area contributed by atoms with Gasteiger partial charge in [0.25, 0.3) is 17.3 Å². The van der Waals surface area contributed by atoms with Crippen LogP contribution in [0.15, 0.2) is 21.8 Å². The van der Waals surface area contributed by atoms with Gasteiger partial charge in [0.15, 0.2) is 11.5 Å². The van der Waals surface area contributed by atoms with Crippen LogP contribution < -0.4 is 20.3 Å². The molecule has 3 heterocycles. The van der Waals surface area contributed by atoms with Gasteiger partial charge in [-0.1, -0.05) is 11.6 Å². The second-order valence-electron chi connectivity index (χ2n) is 11.1. The van der Waals surface area contributed by atoms with Crippen LogP contribution in [-0.4, -0.2) is 53.0 Å². The van der Waals surface area contributed by atoms with Gasteiger partial charge in [-0.05, 0) is 57.9 Å². The third kappa shape index (κ3) is 5.17. The molecule has 222 valence electrons. The van der Waals surface area contributed by atoms with E-state index in [1.165, 1.54) is 22.7 Å². The van der Waals surface area contributed by atoms with E-state index in [-0.39, 0.29) is 60.3 Å². The fraction of sp³-hybridized carbons (Fsp3) is 0.536. The molecule has 8 nitrogen and oxygen atoms in total. The average Bonchev–Trinajstić information content (AvgIpc) is 3.66. The SMILES string of the molecule is CSc1cc(C)[nH]c(=O)c1CNC(=O)c1cc(Cl)c2c(c1C)O[C@@](C)(C1CCN(C(=O)C3(C(F)(F)F)CC3)CC1)O2. The smallest absolute Gasteiger partial charge is 0.403 e. The summed E-state index contributed by atoms with van der Waals surface area (Å²) in [6.07, 6.45) is -2.25. The third-order valence-electron chi connectivity index (χ3n) is 8.39.